The molecule has 1 saturated carbocycles. The van der Waals surface area contributed by atoms with Crippen LogP contribution in [0.15, 0.2) is 48.5 Å². The molecule has 2 aromatic carbocycles. The van der Waals surface area contributed by atoms with E-state index in [0.29, 0.717) is 29.7 Å². The minimum atomic E-state index is -1.13. The maximum Gasteiger partial charge on any atom is 0.408 e. The van der Waals surface area contributed by atoms with E-state index >= 15 is 0 Å². The van der Waals surface area contributed by atoms with Gasteiger partial charge in [-0.1, -0.05) is 36.3 Å². The zero-order valence-electron chi connectivity index (χ0n) is 22.8. The quantitative estimate of drug-likeness (QED) is 0.401. The molecule has 206 valence electrons. The van der Waals surface area contributed by atoms with Crippen molar-refractivity contribution in [2.75, 3.05) is 5.32 Å². The molecule has 1 aliphatic rings. The maximum absolute atomic E-state index is 14.1. The number of anilines is 1. The summed E-state index contributed by atoms with van der Waals surface area (Å²) in [6, 6.07) is 11.8. The molecule has 0 radical (unpaired) electrons. The molecule has 2 unspecified atom stereocenters. The average Bonchev–Trinajstić information content (AvgIpc) is 3.70. The molecule has 9 nitrogen and oxygen atoms in total. The molecule has 1 aliphatic carbocycles. The second-order valence-electron chi connectivity index (χ2n) is 10.7. The molecule has 0 aromatic heterocycles. The van der Waals surface area contributed by atoms with Gasteiger partial charge in [0.25, 0.3) is 5.91 Å². The molecule has 4 amide bonds. The lowest BCUT2D eigenvalue weighted by atomic mass is 9.99. The summed E-state index contributed by atoms with van der Waals surface area (Å²) in [5.74, 6) is 1.02. The molecule has 0 aliphatic heterocycles. The van der Waals surface area contributed by atoms with Gasteiger partial charge in [-0.05, 0) is 76.3 Å². The highest BCUT2D eigenvalue weighted by Crippen LogP contribution is 2.36. The third-order valence-electron chi connectivity index (χ3n) is 6.19. The lowest BCUT2D eigenvalue weighted by Crippen LogP contribution is -2.53. The van der Waals surface area contributed by atoms with Crippen LogP contribution < -0.4 is 16.4 Å². The molecule has 0 heterocycles. The molecule has 4 N–H and O–H groups in total. The fourth-order valence-electron chi connectivity index (χ4n) is 4.16. The Morgan fingerprint density at radius 1 is 1.10 bits per heavy atom. The summed E-state index contributed by atoms with van der Waals surface area (Å²) in [5, 5.41) is 5.55. The number of terminal acetylenes is 1. The standard InChI is InChI=1S/C30H36N4O5/c1-6-20-11-13-21(14-12-20)26(27(36)32-23-10-8-7-9-19(23)2)34(22-15-16-22)28(37)24(17-18-25(31)35)33-29(38)39-30(3,4)5/h1,7-14,22,24,26H,15-18H2,2-5H3,(H2,31,35)(H,32,36)(H,33,38). The van der Waals surface area contributed by atoms with E-state index in [1.165, 1.54) is 4.90 Å². The number of nitrogens with zero attached hydrogens (tertiary/aromatic N) is 1. The normalized spacial score (nSPS) is 14.3. The van der Waals surface area contributed by atoms with Crippen LogP contribution in [0, 0.1) is 19.3 Å². The van der Waals surface area contributed by atoms with Crippen molar-refractivity contribution in [3.8, 4) is 12.3 Å². The van der Waals surface area contributed by atoms with Crippen molar-refractivity contribution in [2.45, 2.75) is 77.1 Å². The lowest BCUT2D eigenvalue weighted by molar-refractivity contribution is -0.141. The minimum Gasteiger partial charge on any atom is -0.444 e. The van der Waals surface area contributed by atoms with E-state index in [-0.39, 0.29) is 18.9 Å². The largest absolute Gasteiger partial charge is 0.444 e. The van der Waals surface area contributed by atoms with Crippen LogP contribution in [0.5, 0.6) is 0 Å². The van der Waals surface area contributed by atoms with Gasteiger partial charge in [0.15, 0.2) is 0 Å². The fraction of sp³-hybridized carbons (Fsp3) is 0.400. The first-order valence-electron chi connectivity index (χ1n) is 12.9. The van der Waals surface area contributed by atoms with Crippen molar-refractivity contribution >= 4 is 29.5 Å². The van der Waals surface area contributed by atoms with Crippen LogP contribution in [0.25, 0.3) is 0 Å². The number of carbonyl (C=O) groups excluding carboxylic acids is 4. The van der Waals surface area contributed by atoms with Crippen LogP contribution in [0.1, 0.15) is 69.2 Å². The molecule has 2 aromatic rings. The number of aryl methyl sites for hydroxylation is 1. The van der Waals surface area contributed by atoms with Crippen LogP contribution in [0.3, 0.4) is 0 Å². The number of alkyl carbamates (subject to hydrolysis) is 1. The van der Waals surface area contributed by atoms with Crippen molar-refractivity contribution in [1.29, 1.82) is 0 Å². The number of nitrogens with two attached hydrogens (primary N) is 1. The summed E-state index contributed by atoms with van der Waals surface area (Å²) in [6.07, 6.45) is 5.92. The number of benzene rings is 2. The molecule has 0 bridgehead atoms. The Hall–Kier alpha value is -4.32. The van der Waals surface area contributed by atoms with E-state index in [1.54, 1.807) is 51.1 Å². The van der Waals surface area contributed by atoms with E-state index < -0.39 is 41.5 Å². The number of carbonyl (C=O) groups is 4. The zero-order chi connectivity index (χ0) is 28.7. The van der Waals surface area contributed by atoms with E-state index in [4.69, 9.17) is 16.9 Å². The summed E-state index contributed by atoms with van der Waals surface area (Å²) in [7, 11) is 0. The van der Waals surface area contributed by atoms with Gasteiger partial charge in [-0.3, -0.25) is 14.4 Å². The van der Waals surface area contributed by atoms with E-state index in [1.807, 2.05) is 25.1 Å². The molecule has 3 rings (SSSR count). The first kappa shape index (κ1) is 29.2. The van der Waals surface area contributed by atoms with Gasteiger partial charge in [0.05, 0.1) is 0 Å². The Balaban J connectivity index is 2.01. The van der Waals surface area contributed by atoms with Crippen LogP contribution in [0.4, 0.5) is 10.5 Å². The second kappa shape index (κ2) is 12.5. The monoisotopic (exact) mass is 532 g/mol. The minimum absolute atomic E-state index is 0.0429. The van der Waals surface area contributed by atoms with Crippen molar-refractivity contribution in [1.82, 2.24) is 10.2 Å². The predicted molar refractivity (Wildman–Crippen MR) is 148 cm³/mol. The Morgan fingerprint density at radius 2 is 1.74 bits per heavy atom. The highest BCUT2D eigenvalue weighted by atomic mass is 16.6. The summed E-state index contributed by atoms with van der Waals surface area (Å²) in [6.45, 7) is 6.99. The van der Waals surface area contributed by atoms with Crippen molar-refractivity contribution in [3.05, 3.63) is 65.2 Å². The van der Waals surface area contributed by atoms with Crippen LogP contribution >= 0.6 is 0 Å². The lowest BCUT2D eigenvalue weighted by Gasteiger charge is -2.34. The first-order chi connectivity index (χ1) is 18.4. The smallest absolute Gasteiger partial charge is 0.408 e. The summed E-state index contributed by atoms with van der Waals surface area (Å²) in [5.41, 5.74) is 7.24. The molecule has 0 spiro atoms. The molecule has 9 heteroatoms. The Labute approximate surface area is 229 Å². The van der Waals surface area contributed by atoms with Gasteiger partial charge in [0.1, 0.15) is 17.7 Å². The highest BCUT2D eigenvalue weighted by molar-refractivity contribution is 5.99. The SMILES string of the molecule is C#Cc1ccc(C(C(=O)Nc2ccccc2C)N(C(=O)C(CCC(N)=O)NC(=O)OC(C)(C)C)C2CC2)cc1. The summed E-state index contributed by atoms with van der Waals surface area (Å²) in [4.78, 5) is 53.7. The molecular formula is C30H36N4O5. The summed E-state index contributed by atoms with van der Waals surface area (Å²) >= 11 is 0. The van der Waals surface area contributed by atoms with Gasteiger partial charge in [-0.2, -0.15) is 0 Å². The van der Waals surface area contributed by atoms with Gasteiger partial charge in [-0.15, -0.1) is 6.42 Å². The number of para-hydroxylation sites is 1. The number of hydrogen-bond acceptors (Lipinski definition) is 5. The number of hydrogen-bond donors (Lipinski definition) is 3. The third-order valence-corrected chi connectivity index (χ3v) is 6.19. The van der Waals surface area contributed by atoms with Crippen molar-refractivity contribution in [3.63, 3.8) is 0 Å². The van der Waals surface area contributed by atoms with E-state index in [2.05, 4.69) is 16.6 Å². The van der Waals surface area contributed by atoms with Crippen molar-refractivity contribution < 1.29 is 23.9 Å². The third kappa shape index (κ3) is 8.34. The number of amides is 4. The van der Waals surface area contributed by atoms with E-state index in [0.717, 1.165) is 5.56 Å². The Morgan fingerprint density at radius 3 is 2.28 bits per heavy atom. The van der Waals surface area contributed by atoms with Crippen molar-refractivity contribution in [2.24, 2.45) is 5.73 Å². The van der Waals surface area contributed by atoms with E-state index in [9.17, 15) is 19.2 Å². The summed E-state index contributed by atoms with van der Waals surface area (Å²) < 4.78 is 5.36. The fourth-order valence-corrected chi connectivity index (χ4v) is 4.16. The Kier molecular flexibility index (Phi) is 9.36. The topological polar surface area (TPSA) is 131 Å². The number of primary amides is 1. The average molecular weight is 533 g/mol. The van der Waals surface area contributed by atoms with Crippen LogP contribution in [-0.4, -0.2) is 46.4 Å². The number of ether oxygens (including phenoxy) is 1. The molecule has 1 fully saturated rings. The van der Waals surface area contributed by atoms with Gasteiger partial charge in [0.2, 0.25) is 11.8 Å². The van der Waals surface area contributed by atoms with Crippen LogP contribution in [0.2, 0.25) is 0 Å². The molecular weight excluding hydrogens is 496 g/mol. The van der Waals surface area contributed by atoms with Crippen LogP contribution in [-0.2, 0) is 19.1 Å². The number of rotatable bonds is 10. The highest BCUT2D eigenvalue weighted by Gasteiger charge is 2.44. The van der Waals surface area contributed by atoms with Gasteiger partial charge in [0, 0.05) is 23.7 Å². The van der Waals surface area contributed by atoms with Gasteiger partial charge in [-0.25, -0.2) is 4.79 Å². The predicted octanol–water partition coefficient (Wildman–Crippen LogP) is 3.81. The second-order valence-corrected chi connectivity index (χ2v) is 10.7. The first-order valence-corrected chi connectivity index (χ1v) is 12.9. The Bertz CT molecular complexity index is 1260. The van der Waals surface area contributed by atoms with Gasteiger partial charge >= 0.3 is 6.09 Å². The zero-order valence-corrected chi connectivity index (χ0v) is 22.8. The van der Waals surface area contributed by atoms with Gasteiger partial charge < -0.3 is 26.0 Å². The molecule has 2 atom stereocenters. The maximum atomic E-state index is 14.1. The molecule has 39 heavy (non-hydrogen) atoms. The molecule has 0 saturated heterocycles. The number of nitrogens with one attached hydrogen (secondary N) is 2.